The topological polar surface area (TPSA) is 41.1 Å². The summed E-state index contributed by atoms with van der Waals surface area (Å²) in [4.78, 5) is 10.9. The molecule has 1 aliphatic heterocycles. The van der Waals surface area contributed by atoms with E-state index in [1.807, 2.05) is 17.0 Å². The largest absolute Gasteiger partial charge is 0.352 e. The van der Waals surface area contributed by atoms with Gasteiger partial charge in [0.25, 0.3) is 0 Å². The number of hydrogen-bond donors (Lipinski definition) is 1. The minimum Gasteiger partial charge on any atom is -0.352 e. The zero-order valence-electron chi connectivity index (χ0n) is 10.1. The molecule has 0 aromatic carbocycles. The van der Waals surface area contributed by atoms with Crippen molar-refractivity contribution in [1.29, 1.82) is 0 Å². The molecule has 1 fully saturated rings. The molecule has 4 nitrogen and oxygen atoms in total. The Morgan fingerprint density at radius 3 is 2.74 bits per heavy atom. The van der Waals surface area contributed by atoms with Gasteiger partial charge in [0, 0.05) is 26.2 Å². The lowest BCUT2D eigenvalue weighted by atomic mass is 10.3. The number of hydrogen-bond acceptors (Lipinski definition) is 5. The molecule has 7 heteroatoms. The first-order chi connectivity index (χ1) is 9.25. The summed E-state index contributed by atoms with van der Waals surface area (Å²) in [6, 6.07) is 3.76. The molecule has 0 aliphatic carbocycles. The monoisotopic (exact) mass is 342 g/mol. The van der Waals surface area contributed by atoms with Crippen LogP contribution in [0.15, 0.2) is 22.2 Å². The summed E-state index contributed by atoms with van der Waals surface area (Å²) < 4.78 is 15.5. The van der Waals surface area contributed by atoms with E-state index in [1.165, 1.54) is 17.7 Å². The summed E-state index contributed by atoms with van der Waals surface area (Å²) in [6.07, 6.45) is 1.43. The molecular weight excluding hydrogens is 331 g/mol. The molecule has 2 aromatic rings. The average molecular weight is 343 g/mol. The van der Waals surface area contributed by atoms with Crippen molar-refractivity contribution in [2.75, 3.05) is 31.1 Å². The molecule has 0 saturated carbocycles. The van der Waals surface area contributed by atoms with Gasteiger partial charge in [0.1, 0.15) is 12.0 Å². The van der Waals surface area contributed by atoms with Crippen LogP contribution in [0.5, 0.6) is 0 Å². The van der Waals surface area contributed by atoms with Crippen molar-refractivity contribution >= 4 is 33.1 Å². The highest BCUT2D eigenvalue weighted by molar-refractivity contribution is 9.11. The van der Waals surface area contributed by atoms with E-state index in [2.05, 4.69) is 31.2 Å². The Morgan fingerprint density at radius 2 is 2.05 bits per heavy atom. The summed E-state index contributed by atoms with van der Waals surface area (Å²) >= 11 is 4.85. The van der Waals surface area contributed by atoms with Gasteiger partial charge in [-0.1, -0.05) is 0 Å². The molecule has 2 aromatic heterocycles. The summed E-state index contributed by atoms with van der Waals surface area (Å²) in [7, 11) is 0. The number of halogens is 2. The van der Waals surface area contributed by atoms with Gasteiger partial charge in [-0.2, -0.15) is 0 Å². The third kappa shape index (κ3) is 2.63. The smallest absolute Gasteiger partial charge is 0.192 e. The van der Waals surface area contributed by atoms with E-state index in [0.717, 1.165) is 34.8 Å². The molecule has 0 amide bonds. The van der Waals surface area contributed by atoms with E-state index in [-0.39, 0.29) is 5.82 Å². The van der Waals surface area contributed by atoms with Gasteiger partial charge >= 0.3 is 0 Å². The third-order valence-electron chi connectivity index (χ3n) is 2.99. The first-order valence-electron chi connectivity index (χ1n) is 5.97. The Kier molecular flexibility index (Phi) is 3.76. The van der Waals surface area contributed by atoms with Crippen LogP contribution in [0.3, 0.4) is 0 Å². The minimum atomic E-state index is -0.334. The Labute approximate surface area is 122 Å². The molecule has 0 atom stereocenters. The van der Waals surface area contributed by atoms with Gasteiger partial charge in [-0.15, -0.1) is 11.3 Å². The minimum absolute atomic E-state index is 0.334. The van der Waals surface area contributed by atoms with E-state index in [0.29, 0.717) is 11.5 Å². The maximum Gasteiger partial charge on any atom is 0.192 e. The molecule has 1 N–H and O–H groups in total. The zero-order valence-corrected chi connectivity index (χ0v) is 12.5. The summed E-state index contributed by atoms with van der Waals surface area (Å²) in [5.74, 6) is 0.0646. The van der Waals surface area contributed by atoms with Gasteiger partial charge in [-0.05, 0) is 28.1 Å². The number of anilines is 1. The van der Waals surface area contributed by atoms with E-state index >= 15 is 0 Å². The Balaban J connectivity index is 1.98. The first kappa shape index (κ1) is 13.0. The molecule has 0 radical (unpaired) electrons. The van der Waals surface area contributed by atoms with Crippen LogP contribution in [0.2, 0.25) is 0 Å². The summed E-state index contributed by atoms with van der Waals surface area (Å²) in [5, 5.41) is 3.24. The molecule has 0 bridgehead atoms. The van der Waals surface area contributed by atoms with Crippen molar-refractivity contribution < 1.29 is 4.39 Å². The van der Waals surface area contributed by atoms with Crippen molar-refractivity contribution in [3.05, 3.63) is 28.1 Å². The van der Waals surface area contributed by atoms with Crippen molar-refractivity contribution in [3.63, 3.8) is 0 Å². The Bertz CT molecular complexity index is 583. The molecule has 100 valence electrons. The van der Waals surface area contributed by atoms with Gasteiger partial charge in [0.05, 0.1) is 8.66 Å². The fourth-order valence-electron chi connectivity index (χ4n) is 2.07. The highest BCUT2D eigenvalue weighted by atomic mass is 79.9. The lowest BCUT2D eigenvalue weighted by Gasteiger charge is -2.28. The van der Waals surface area contributed by atoms with E-state index in [4.69, 9.17) is 0 Å². The first-order valence-corrected chi connectivity index (χ1v) is 7.58. The number of nitrogens with one attached hydrogen (secondary N) is 1. The van der Waals surface area contributed by atoms with Gasteiger partial charge in [-0.3, -0.25) is 0 Å². The molecule has 1 saturated heterocycles. The van der Waals surface area contributed by atoms with Crippen LogP contribution in [0.1, 0.15) is 0 Å². The van der Waals surface area contributed by atoms with Crippen LogP contribution < -0.4 is 10.2 Å². The predicted octanol–water partition coefficient (Wildman–Crippen LogP) is 2.52. The standard InChI is InChI=1S/C12H12BrFN4S/c13-9-2-1-8(19-9)11-10(14)12(17-7-16-11)18-5-3-15-4-6-18/h1-2,7,15H,3-6H2. The average Bonchev–Trinajstić information content (AvgIpc) is 2.86. The van der Waals surface area contributed by atoms with Gasteiger partial charge in [0.15, 0.2) is 11.6 Å². The zero-order chi connectivity index (χ0) is 13.2. The molecule has 0 unspecified atom stereocenters. The highest BCUT2D eigenvalue weighted by Crippen LogP contribution is 2.33. The molecular formula is C12H12BrFN4S. The lowest BCUT2D eigenvalue weighted by molar-refractivity contribution is 0.557. The van der Waals surface area contributed by atoms with Crippen LogP contribution >= 0.6 is 27.3 Å². The quantitative estimate of drug-likeness (QED) is 0.910. The van der Waals surface area contributed by atoms with Crippen LogP contribution in [-0.2, 0) is 0 Å². The van der Waals surface area contributed by atoms with E-state index in [1.54, 1.807) is 0 Å². The van der Waals surface area contributed by atoms with E-state index in [9.17, 15) is 4.39 Å². The number of aromatic nitrogens is 2. The third-order valence-corrected chi connectivity index (χ3v) is 4.62. The lowest BCUT2D eigenvalue weighted by Crippen LogP contribution is -2.44. The molecule has 3 heterocycles. The van der Waals surface area contributed by atoms with Crippen molar-refractivity contribution in [1.82, 2.24) is 15.3 Å². The fraction of sp³-hybridized carbons (Fsp3) is 0.333. The molecule has 3 rings (SSSR count). The fourth-order valence-corrected chi connectivity index (χ4v) is 3.45. The Morgan fingerprint density at radius 1 is 1.26 bits per heavy atom. The second-order valence-corrected chi connectivity index (χ2v) is 6.66. The van der Waals surface area contributed by atoms with Gasteiger partial charge in [-0.25, -0.2) is 14.4 Å². The molecule has 19 heavy (non-hydrogen) atoms. The van der Waals surface area contributed by atoms with Crippen LogP contribution in [-0.4, -0.2) is 36.1 Å². The van der Waals surface area contributed by atoms with Crippen LogP contribution in [0, 0.1) is 5.82 Å². The van der Waals surface area contributed by atoms with Crippen LogP contribution in [0.4, 0.5) is 10.2 Å². The second-order valence-electron chi connectivity index (χ2n) is 4.20. The number of nitrogens with zero attached hydrogens (tertiary/aromatic N) is 3. The van der Waals surface area contributed by atoms with Gasteiger partial charge < -0.3 is 10.2 Å². The van der Waals surface area contributed by atoms with Crippen molar-refractivity contribution in [2.45, 2.75) is 0 Å². The van der Waals surface area contributed by atoms with Crippen molar-refractivity contribution in [3.8, 4) is 10.6 Å². The summed E-state index contributed by atoms with van der Waals surface area (Å²) in [5.41, 5.74) is 0.374. The molecule has 1 aliphatic rings. The van der Waals surface area contributed by atoms with Crippen molar-refractivity contribution in [2.24, 2.45) is 0 Å². The number of piperazine rings is 1. The maximum absolute atomic E-state index is 14.6. The predicted molar refractivity (Wildman–Crippen MR) is 78.1 cm³/mol. The normalized spacial score (nSPS) is 15.8. The van der Waals surface area contributed by atoms with E-state index < -0.39 is 0 Å². The van der Waals surface area contributed by atoms with Gasteiger partial charge in [0.2, 0.25) is 0 Å². The maximum atomic E-state index is 14.6. The summed E-state index contributed by atoms with van der Waals surface area (Å²) in [6.45, 7) is 3.23. The Hall–Kier alpha value is -1.05. The SMILES string of the molecule is Fc1c(-c2ccc(Br)s2)ncnc1N1CCNCC1. The van der Waals surface area contributed by atoms with Crippen LogP contribution in [0.25, 0.3) is 10.6 Å². The highest BCUT2D eigenvalue weighted by Gasteiger charge is 2.20. The number of thiophene rings is 1. The number of rotatable bonds is 2. The second kappa shape index (κ2) is 5.52. The molecule has 0 spiro atoms.